The molecule has 4 unspecified atom stereocenters. The van der Waals surface area contributed by atoms with Gasteiger partial charge in [-0.3, -0.25) is 4.79 Å². The molecular formula is C21H34O. The fourth-order valence-electron chi connectivity index (χ4n) is 7.54. The summed E-state index contributed by atoms with van der Waals surface area (Å²) in [4.78, 5) is 11.9. The van der Waals surface area contributed by atoms with E-state index in [2.05, 4.69) is 27.7 Å². The van der Waals surface area contributed by atoms with Crippen LogP contribution in [0.25, 0.3) is 0 Å². The van der Waals surface area contributed by atoms with Crippen LogP contribution in [-0.4, -0.2) is 5.78 Å². The molecule has 1 heteroatoms. The molecule has 1 nitrogen and oxygen atoms in total. The summed E-state index contributed by atoms with van der Waals surface area (Å²) in [5.74, 6) is 4.07. The summed E-state index contributed by atoms with van der Waals surface area (Å²) in [6, 6.07) is 0. The number of carbonyl (C=O) groups excluding carboxylic acids is 1. The molecule has 4 aliphatic rings. The van der Waals surface area contributed by atoms with Crippen molar-refractivity contribution in [3.05, 3.63) is 0 Å². The van der Waals surface area contributed by atoms with Gasteiger partial charge in [0, 0.05) is 12.8 Å². The second-order valence-corrected chi connectivity index (χ2v) is 10.3. The number of ketones is 1. The molecule has 4 rings (SSSR count). The first kappa shape index (κ1) is 15.2. The van der Waals surface area contributed by atoms with Crippen molar-refractivity contribution in [3.63, 3.8) is 0 Å². The lowest BCUT2D eigenvalue weighted by Gasteiger charge is -2.61. The van der Waals surface area contributed by atoms with Crippen molar-refractivity contribution in [1.82, 2.24) is 0 Å². The van der Waals surface area contributed by atoms with E-state index in [1.807, 2.05) is 0 Å². The highest BCUT2D eigenvalue weighted by Gasteiger charge is 2.62. The minimum atomic E-state index is 0.477. The van der Waals surface area contributed by atoms with Crippen LogP contribution in [0.15, 0.2) is 0 Å². The maximum absolute atomic E-state index is 11.9. The van der Waals surface area contributed by atoms with Crippen molar-refractivity contribution in [2.24, 2.45) is 39.9 Å². The molecular weight excluding hydrogens is 268 g/mol. The molecule has 4 saturated carbocycles. The van der Waals surface area contributed by atoms with E-state index in [1.165, 1.54) is 44.9 Å². The van der Waals surface area contributed by atoms with E-state index in [-0.39, 0.29) is 0 Å². The SMILES string of the molecule is CC1(C)CCC2C3CCC4CC(=O)CC[C@]4(C)C3CC[C@@]21C. The highest BCUT2D eigenvalue weighted by Crippen LogP contribution is 2.70. The predicted octanol–water partition coefficient (Wildman–Crippen LogP) is 5.62. The smallest absolute Gasteiger partial charge is 0.133 e. The fraction of sp³-hybridized carbons (Fsp3) is 0.952. The van der Waals surface area contributed by atoms with E-state index < -0.39 is 0 Å². The Kier molecular flexibility index (Phi) is 3.18. The van der Waals surface area contributed by atoms with Gasteiger partial charge in [-0.2, -0.15) is 0 Å². The lowest BCUT2D eigenvalue weighted by molar-refractivity contribution is -0.142. The predicted molar refractivity (Wildman–Crippen MR) is 90.5 cm³/mol. The second-order valence-electron chi connectivity index (χ2n) is 10.3. The Hall–Kier alpha value is -0.330. The Morgan fingerprint density at radius 3 is 2.36 bits per heavy atom. The summed E-state index contributed by atoms with van der Waals surface area (Å²) in [6.07, 6.45) is 11.4. The van der Waals surface area contributed by atoms with Crippen LogP contribution in [-0.2, 0) is 4.79 Å². The van der Waals surface area contributed by atoms with Gasteiger partial charge in [0.05, 0.1) is 0 Å². The van der Waals surface area contributed by atoms with Gasteiger partial charge in [-0.15, -0.1) is 0 Å². The molecule has 0 radical (unpaired) electrons. The van der Waals surface area contributed by atoms with E-state index >= 15 is 0 Å². The van der Waals surface area contributed by atoms with E-state index in [4.69, 9.17) is 0 Å². The fourth-order valence-corrected chi connectivity index (χ4v) is 7.54. The molecule has 0 bridgehead atoms. The van der Waals surface area contributed by atoms with Gasteiger partial charge in [0.15, 0.2) is 0 Å². The number of fused-ring (bicyclic) bond motifs is 5. The van der Waals surface area contributed by atoms with E-state index in [1.54, 1.807) is 0 Å². The third kappa shape index (κ3) is 1.80. The monoisotopic (exact) mass is 302 g/mol. The van der Waals surface area contributed by atoms with Crippen LogP contribution < -0.4 is 0 Å². The summed E-state index contributed by atoms with van der Waals surface area (Å²) >= 11 is 0. The van der Waals surface area contributed by atoms with Gasteiger partial charge in [-0.05, 0) is 84.9 Å². The first-order valence-corrected chi connectivity index (χ1v) is 9.80. The van der Waals surface area contributed by atoms with E-state index in [0.717, 1.165) is 30.6 Å². The molecule has 0 aliphatic heterocycles. The highest BCUT2D eigenvalue weighted by atomic mass is 16.1. The van der Waals surface area contributed by atoms with E-state index in [0.29, 0.717) is 27.9 Å². The van der Waals surface area contributed by atoms with Gasteiger partial charge in [-0.1, -0.05) is 27.7 Å². The van der Waals surface area contributed by atoms with Gasteiger partial charge >= 0.3 is 0 Å². The molecule has 0 saturated heterocycles. The molecule has 22 heavy (non-hydrogen) atoms. The number of hydrogen-bond donors (Lipinski definition) is 0. The lowest BCUT2D eigenvalue weighted by Crippen LogP contribution is -2.54. The first-order chi connectivity index (χ1) is 10.3. The quantitative estimate of drug-likeness (QED) is 0.567. The summed E-state index contributed by atoms with van der Waals surface area (Å²) in [6.45, 7) is 10.2. The summed E-state index contributed by atoms with van der Waals surface area (Å²) in [7, 11) is 0. The Labute approximate surface area is 136 Å². The van der Waals surface area contributed by atoms with Crippen LogP contribution in [0.1, 0.15) is 85.5 Å². The third-order valence-corrected chi connectivity index (χ3v) is 9.50. The summed E-state index contributed by atoms with van der Waals surface area (Å²) in [5.41, 5.74) is 1.58. The molecule has 4 aliphatic carbocycles. The molecule has 0 aromatic heterocycles. The molecule has 0 aromatic rings. The van der Waals surface area contributed by atoms with Crippen molar-refractivity contribution < 1.29 is 4.79 Å². The Morgan fingerprint density at radius 1 is 0.864 bits per heavy atom. The molecule has 0 heterocycles. The first-order valence-electron chi connectivity index (χ1n) is 9.80. The maximum Gasteiger partial charge on any atom is 0.133 e. The molecule has 0 amide bonds. The topological polar surface area (TPSA) is 17.1 Å². The number of hydrogen-bond acceptors (Lipinski definition) is 1. The minimum Gasteiger partial charge on any atom is -0.300 e. The van der Waals surface area contributed by atoms with Gasteiger partial charge in [0.2, 0.25) is 0 Å². The highest BCUT2D eigenvalue weighted by molar-refractivity contribution is 5.79. The number of rotatable bonds is 0. The molecule has 124 valence electrons. The standard InChI is InChI=1S/C21H34O/c1-19(2)10-8-18-16-6-5-14-13-15(22)7-11-20(14,3)17(16)9-12-21(18,19)4/h14,16-18H,5-13H2,1-4H3/t14?,16?,17?,18?,20-,21-/m0/s1. The van der Waals surface area contributed by atoms with E-state index in [9.17, 15) is 4.79 Å². The third-order valence-electron chi connectivity index (χ3n) is 9.50. The largest absolute Gasteiger partial charge is 0.300 e. The van der Waals surface area contributed by atoms with Crippen LogP contribution in [0, 0.1) is 39.9 Å². The zero-order valence-electron chi connectivity index (χ0n) is 15.1. The Bertz CT molecular complexity index is 492. The number of carbonyl (C=O) groups is 1. The van der Waals surface area contributed by atoms with Crippen molar-refractivity contribution in [3.8, 4) is 0 Å². The van der Waals surface area contributed by atoms with Crippen molar-refractivity contribution >= 4 is 5.78 Å². The average molecular weight is 303 g/mol. The van der Waals surface area contributed by atoms with Crippen LogP contribution >= 0.6 is 0 Å². The van der Waals surface area contributed by atoms with Crippen molar-refractivity contribution in [2.75, 3.05) is 0 Å². The normalized spacial score (nSPS) is 53.5. The molecule has 0 spiro atoms. The van der Waals surface area contributed by atoms with Crippen LogP contribution in [0.4, 0.5) is 0 Å². The summed E-state index contributed by atoms with van der Waals surface area (Å²) < 4.78 is 0. The molecule has 4 fully saturated rings. The van der Waals surface area contributed by atoms with Crippen molar-refractivity contribution in [1.29, 1.82) is 0 Å². The maximum atomic E-state index is 11.9. The number of Topliss-reactive ketones (excluding diaryl/α,β-unsaturated/α-hetero) is 1. The lowest BCUT2D eigenvalue weighted by atomic mass is 9.44. The Balaban J connectivity index is 1.65. The molecule has 0 aromatic carbocycles. The zero-order chi connectivity index (χ0) is 15.8. The van der Waals surface area contributed by atoms with Crippen LogP contribution in [0.5, 0.6) is 0 Å². The van der Waals surface area contributed by atoms with Crippen LogP contribution in [0.2, 0.25) is 0 Å². The minimum absolute atomic E-state index is 0.477. The summed E-state index contributed by atoms with van der Waals surface area (Å²) in [5, 5.41) is 0. The molecule has 0 N–H and O–H groups in total. The van der Waals surface area contributed by atoms with Gasteiger partial charge in [0.1, 0.15) is 5.78 Å². The van der Waals surface area contributed by atoms with Crippen molar-refractivity contribution in [2.45, 2.75) is 85.5 Å². The Morgan fingerprint density at radius 2 is 1.59 bits per heavy atom. The van der Waals surface area contributed by atoms with Gasteiger partial charge < -0.3 is 0 Å². The van der Waals surface area contributed by atoms with Gasteiger partial charge in [0.25, 0.3) is 0 Å². The van der Waals surface area contributed by atoms with Crippen LogP contribution in [0.3, 0.4) is 0 Å². The second kappa shape index (κ2) is 4.61. The molecule has 6 atom stereocenters. The zero-order valence-corrected chi connectivity index (χ0v) is 15.1. The average Bonchev–Trinajstić information content (AvgIpc) is 2.70. The van der Waals surface area contributed by atoms with Gasteiger partial charge in [-0.25, -0.2) is 0 Å².